The molecular formula is C13H28O4. The molecule has 0 fully saturated rings. The van der Waals surface area contributed by atoms with Gasteiger partial charge in [0.05, 0.1) is 0 Å². The first-order valence-electron chi connectivity index (χ1n) is 6.62. The first-order valence-corrected chi connectivity index (χ1v) is 6.62. The molecule has 0 aromatic carbocycles. The van der Waals surface area contributed by atoms with Crippen LogP contribution in [0.25, 0.3) is 0 Å². The van der Waals surface area contributed by atoms with Gasteiger partial charge in [-0.25, -0.2) is 0 Å². The van der Waals surface area contributed by atoms with Crippen molar-refractivity contribution in [3.63, 3.8) is 0 Å². The van der Waals surface area contributed by atoms with E-state index in [2.05, 4.69) is 6.92 Å². The largest absolute Gasteiger partial charge is 0.481 e. The molecule has 0 aliphatic heterocycles. The van der Waals surface area contributed by atoms with Crippen molar-refractivity contribution in [1.82, 2.24) is 0 Å². The molecule has 0 unspecified atom stereocenters. The summed E-state index contributed by atoms with van der Waals surface area (Å²) in [6, 6.07) is 0. The minimum absolute atomic E-state index is 0.341. The van der Waals surface area contributed by atoms with Gasteiger partial charge in [-0.1, -0.05) is 52.4 Å². The summed E-state index contributed by atoms with van der Waals surface area (Å²) >= 11 is 0. The Morgan fingerprint density at radius 3 is 1.71 bits per heavy atom. The summed E-state index contributed by atoms with van der Waals surface area (Å²) in [6.45, 7) is 3.90. The van der Waals surface area contributed by atoms with Gasteiger partial charge in [0.15, 0.2) is 6.29 Å². The van der Waals surface area contributed by atoms with Gasteiger partial charge >= 0.3 is 5.97 Å². The van der Waals surface area contributed by atoms with Crippen molar-refractivity contribution in [2.45, 2.75) is 77.9 Å². The van der Waals surface area contributed by atoms with E-state index < -0.39 is 12.3 Å². The molecule has 3 N–H and O–H groups in total. The standard InChI is InChI=1S/C10H20O2.C3H8O2/c1-2-3-4-5-6-7-8-9-10(11)12;1-2-3(4)5/h2-9H2,1H3,(H,11,12);3-5H,2H2,1H3. The second-order valence-electron chi connectivity index (χ2n) is 4.15. The van der Waals surface area contributed by atoms with Crippen LogP contribution in [-0.2, 0) is 4.79 Å². The van der Waals surface area contributed by atoms with Gasteiger partial charge in [-0.15, -0.1) is 0 Å². The summed E-state index contributed by atoms with van der Waals surface area (Å²) in [5.74, 6) is -0.663. The lowest BCUT2D eigenvalue weighted by molar-refractivity contribution is -0.137. The summed E-state index contributed by atoms with van der Waals surface area (Å²) in [5.41, 5.74) is 0. The number of unbranched alkanes of at least 4 members (excludes halogenated alkanes) is 6. The molecule has 104 valence electrons. The van der Waals surface area contributed by atoms with Gasteiger partial charge in [-0.05, 0) is 12.8 Å². The maximum Gasteiger partial charge on any atom is 0.303 e. The second kappa shape index (κ2) is 15.4. The van der Waals surface area contributed by atoms with E-state index >= 15 is 0 Å². The molecule has 0 heterocycles. The maximum absolute atomic E-state index is 10.1. The Morgan fingerprint density at radius 2 is 1.35 bits per heavy atom. The average molecular weight is 248 g/mol. The number of carbonyl (C=O) groups is 1. The van der Waals surface area contributed by atoms with Crippen molar-refractivity contribution in [3.05, 3.63) is 0 Å². The van der Waals surface area contributed by atoms with Crippen LogP contribution in [-0.4, -0.2) is 27.6 Å². The monoisotopic (exact) mass is 248 g/mol. The van der Waals surface area contributed by atoms with E-state index in [-0.39, 0.29) is 0 Å². The molecular weight excluding hydrogens is 220 g/mol. The van der Waals surface area contributed by atoms with Crippen LogP contribution in [0.4, 0.5) is 0 Å². The summed E-state index contributed by atoms with van der Waals surface area (Å²) in [6.07, 6.45) is 7.94. The molecule has 4 heteroatoms. The molecule has 0 aromatic heterocycles. The number of aliphatic hydroxyl groups excluding tert-OH is 1. The quantitative estimate of drug-likeness (QED) is 0.433. The van der Waals surface area contributed by atoms with Crippen LogP contribution in [0.15, 0.2) is 0 Å². The highest BCUT2D eigenvalue weighted by atomic mass is 16.5. The number of rotatable bonds is 9. The smallest absolute Gasteiger partial charge is 0.303 e. The number of hydrogen-bond donors (Lipinski definition) is 3. The predicted octanol–water partition coefficient (Wildman–Crippen LogP) is 2.92. The van der Waals surface area contributed by atoms with Gasteiger partial charge in [0, 0.05) is 6.42 Å². The maximum atomic E-state index is 10.1. The van der Waals surface area contributed by atoms with E-state index in [4.69, 9.17) is 15.3 Å². The van der Waals surface area contributed by atoms with Gasteiger partial charge in [-0.3, -0.25) is 4.79 Å². The van der Waals surface area contributed by atoms with Crippen molar-refractivity contribution in [1.29, 1.82) is 0 Å². The van der Waals surface area contributed by atoms with Gasteiger partial charge in [-0.2, -0.15) is 0 Å². The van der Waals surface area contributed by atoms with Crippen LogP contribution >= 0.6 is 0 Å². The van der Waals surface area contributed by atoms with Crippen molar-refractivity contribution in [3.8, 4) is 0 Å². The molecule has 4 nitrogen and oxygen atoms in total. The highest BCUT2D eigenvalue weighted by Gasteiger charge is 1.95. The third-order valence-corrected chi connectivity index (χ3v) is 2.36. The van der Waals surface area contributed by atoms with E-state index in [0.717, 1.165) is 12.8 Å². The van der Waals surface area contributed by atoms with Crippen molar-refractivity contribution in [2.24, 2.45) is 0 Å². The van der Waals surface area contributed by atoms with Crippen molar-refractivity contribution in [2.75, 3.05) is 0 Å². The van der Waals surface area contributed by atoms with Crippen LogP contribution < -0.4 is 0 Å². The number of hydrogen-bond acceptors (Lipinski definition) is 3. The summed E-state index contributed by atoms with van der Waals surface area (Å²) in [4.78, 5) is 10.1. The fraction of sp³-hybridized carbons (Fsp3) is 0.923. The lowest BCUT2D eigenvalue weighted by atomic mass is 10.1. The van der Waals surface area contributed by atoms with E-state index in [1.807, 2.05) is 0 Å². The Morgan fingerprint density at radius 1 is 0.941 bits per heavy atom. The summed E-state index contributed by atoms with van der Waals surface area (Å²) < 4.78 is 0. The van der Waals surface area contributed by atoms with Gasteiger partial charge in [0.1, 0.15) is 0 Å². The molecule has 0 aliphatic carbocycles. The summed E-state index contributed by atoms with van der Waals surface area (Å²) in [7, 11) is 0. The zero-order valence-electron chi connectivity index (χ0n) is 11.2. The predicted molar refractivity (Wildman–Crippen MR) is 68.8 cm³/mol. The van der Waals surface area contributed by atoms with Crippen LogP contribution in [0.1, 0.15) is 71.6 Å². The fourth-order valence-corrected chi connectivity index (χ4v) is 1.23. The van der Waals surface area contributed by atoms with Crippen LogP contribution in [0.2, 0.25) is 0 Å². The average Bonchev–Trinajstić information content (AvgIpc) is 2.28. The molecule has 0 saturated heterocycles. The Kier molecular flexibility index (Phi) is 17.0. The highest BCUT2D eigenvalue weighted by Crippen LogP contribution is 2.07. The minimum Gasteiger partial charge on any atom is -0.481 e. The molecule has 0 aliphatic rings. The zero-order chi connectivity index (χ0) is 13.5. The fourth-order valence-electron chi connectivity index (χ4n) is 1.23. The third kappa shape index (κ3) is 25.6. The molecule has 0 aromatic rings. The second-order valence-corrected chi connectivity index (χ2v) is 4.15. The Bertz CT molecular complexity index is 157. The van der Waals surface area contributed by atoms with Gasteiger partial charge in [0.25, 0.3) is 0 Å². The molecule has 0 bridgehead atoms. The van der Waals surface area contributed by atoms with Gasteiger partial charge in [0.2, 0.25) is 0 Å². The molecule has 0 rings (SSSR count). The molecule has 0 spiro atoms. The van der Waals surface area contributed by atoms with Crippen LogP contribution in [0.3, 0.4) is 0 Å². The summed E-state index contributed by atoms with van der Waals surface area (Å²) in [5, 5.41) is 24.2. The SMILES string of the molecule is CCC(O)O.CCCCCCCCCC(=O)O. The first kappa shape index (κ1) is 18.7. The lowest BCUT2D eigenvalue weighted by Gasteiger charge is -1.98. The highest BCUT2D eigenvalue weighted by molar-refractivity contribution is 5.66. The lowest BCUT2D eigenvalue weighted by Crippen LogP contribution is -1.99. The Balaban J connectivity index is 0. The number of carboxylic acids is 1. The number of aliphatic carboxylic acids is 1. The number of carboxylic acid groups (broad SMARTS) is 1. The molecule has 0 saturated carbocycles. The van der Waals surface area contributed by atoms with Crippen molar-refractivity contribution < 1.29 is 20.1 Å². The first-order chi connectivity index (χ1) is 8.04. The zero-order valence-corrected chi connectivity index (χ0v) is 11.2. The van der Waals surface area contributed by atoms with Crippen LogP contribution in [0, 0.1) is 0 Å². The van der Waals surface area contributed by atoms with E-state index in [1.54, 1.807) is 6.92 Å². The Hall–Kier alpha value is -0.610. The minimum atomic E-state index is -1.12. The van der Waals surface area contributed by atoms with Crippen LogP contribution in [0.5, 0.6) is 0 Å². The molecule has 0 amide bonds. The third-order valence-electron chi connectivity index (χ3n) is 2.36. The topological polar surface area (TPSA) is 77.8 Å². The van der Waals surface area contributed by atoms with E-state index in [9.17, 15) is 4.79 Å². The van der Waals surface area contributed by atoms with Gasteiger partial charge < -0.3 is 15.3 Å². The van der Waals surface area contributed by atoms with E-state index in [0.29, 0.717) is 12.8 Å². The molecule has 0 radical (unpaired) electrons. The van der Waals surface area contributed by atoms with Crippen molar-refractivity contribution >= 4 is 5.97 Å². The number of aliphatic hydroxyl groups is 2. The normalized spacial score (nSPS) is 9.94. The Labute approximate surface area is 105 Å². The molecule has 0 atom stereocenters. The molecule has 17 heavy (non-hydrogen) atoms. The van der Waals surface area contributed by atoms with E-state index in [1.165, 1.54) is 32.1 Å².